The van der Waals surface area contributed by atoms with Crippen LogP contribution in [0.25, 0.3) is 0 Å². The molecule has 2 N–H and O–H groups in total. The summed E-state index contributed by atoms with van der Waals surface area (Å²) in [5, 5.41) is 9.62. The highest BCUT2D eigenvalue weighted by Gasteiger charge is 2.28. The molecule has 0 aromatic rings. The van der Waals surface area contributed by atoms with E-state index in [1.165, 1.54) is 6.92 Å². The molecule has 0 aromatic heterocycles. The normalized spacial score (nSPS) is 17.1. The van der Waals surface area contributed by atoms with Crippen LogP contribution in [-0.4, -0.2) is 57.0 Å². The number of sulfonamides is 1. The first-order valence-electron chi connectivity index (χ1n) is 4.20. The largest absolute Gasteiger partial charge is 0.387 e. The summed E-state index contributed by atoms with van der Waals surface area (Å²) in [4.78, 5) is 1.62. The molecule has 92 valence electrons. The van der Waals surface area contributed by atoms with Gasteiger partial charge in [-0.2, -0.15) is 8.78 Å². The van der Waals surface area contributed by atoms with Crippen molar-refractivity contribution in [2.24, 2.45) is 0 Å². The first-order chi connectivity index (χ1) is 6.57. The third-order valence-electron chi connectivity index (χ3n) is 1.55. The van der Waals surface area contributed by atoms with E-state index in [4.69, 9.17) is 0 Å². The molecule has 8 heteroatoms. The van der Waals surface area contributed by atoms with Crippen molar-refractivity contribution in [3.63, 3.8) is 0 Å². The van der Waals surface area contributed by atoms with Crippen LogP contribution in [0, 0.1) is 0 Å². The highest BCUT2D eigenvalue weighted by molar-refractivity contribution is 7.89. The van der Waals surface area contributed by atoms with Gasteiger partial charge in [-0.25, -0.2) is 13.1 Å². The number of halogens is 2. The van der Waals surface area contributed by atoms with Crippen LogP contribution in [0.3, 0.4) is 0 Å². The minimum Gasteiger partial charge on any atom is -0.387 e. The first kappa shape index (κ1) is 14.7. The van der Waals surface area contributed by atoms with Crippen LogP contribution in [0.5, 0.6) is 0 Å². The molecule has 15 heavy (non-hydrogen) atoms. The fourth-order valence-electron chi connectivity index (χ4n) is 1.06. The lowest BCUT2D eigenvalue weighted by atomic mass is 10.1. The lowest BCUT2D eigenvalue weighted by Crippen LogP contribution is -2.48. The fraction of sp³-hybridized carbons (Fsp3) is 1.00. The highest BCUT2D eigenvalue weighted by atomic mass is 32.2. The summed E-state index contributed by atoms with van der Waals surface area (Å²) < 4.78 is 46.8. The van der Waals surface area contributed by atoms with Gasteiger partial charge >= 0.3 is 5.76 Å². The number of alkyl halides is 2. The van der Waals surface area contributed by atoms with Crippen LogP contribution in [0.15, 0.2) is 0 Å². The zero-order chi connectivity index (χ0) is 12.3. The highest BCUT2D eigenvalue weighted by Crippen LogP contribution is 2.06. The van der Waals surface area contributed by atoms with E-state index in [-0.39, 0.29) is 6.54 Å². The van der Waals surface area contributed by atoms with Gasteiger partial charge in [0.25, 0.3) is 10.0 Å². The molecule has 5 nitrogen and oxygen atoms in total. The van der Waals surface area contributed by atoms with Crippen molar-refractivity contribution in [1.82, 2.24) is 9.62 Å². The van der Waals surface area contributed by atoms with Crippen molar-refractivity contribution in [1.29, 1.82) is 0 Å². The molecule has 1 atom stereocenters. The molecule has 0 radical (unpaired) electrons. The van der Waals surface area contributed by atoms with Crippen molar-refractivity contribution in [2.45, 2.75) is 18.3 Å². The predicted octanol–water partition coefficient (Wildman–Crippen LogP) is -0.559. The molecule has 0 saturated heterocycles. The second-order valence-electron chi connectivity index (χ2n) is 3.86. The standard InChI is InChI=1S/C7H16F2N2O3S/c1-7(12,5-11(2)3)4-10-15(13,14)6(8)9/h6,10,12H,4-5H2,1-3H3. The van der Waals surface area contributed by atoms with Gasteiger partial charge in [-0.3, -0.25) is 0 Å². The van der Waals surface area contributed by atoms with Gasteiger partial charge in [0, 0.05) is 13.1 Å². The molecule has 0 rings (SSSR count). The summed E-state index contributed by atoms with van der Waals surface area (Å²) in [5.74, 6) is -3.48. The van der Waals surface area contributed by atoms with Crippen LogP contribution in [-0.2, 0) is 10.0 Å². The zero-order valence-electron chi connectivity index (χ0n) is 8.87. The Balaban J connectivity index is 4.27. The van der Waals surface area contributed by atoms with Gasteiger partial charge in [0.1, 0.15) is 0 Å². The second kappa shape index (κ2) is 5.15. The van der Waals surface area contributed by atoms with Crippen LogP contribution in [0.2, 0.25) is 0 Å². The Hall–Kier alpha value is -0.310. The Morgan fingerprint density at radius 2 is 1.93 bits per heavy atom. The molecule has 0 heterocycles. The van der Waals surface area contributed by atoms with E-state index in [2.05, 4.69) is 0 Å². The topological polar surface area (TPSA) is 69.6 Å². The van der Waals surface area contributed by atoms with Crippen LogP contribution < -0.4 is 4.72 Å². The molecule has 0 bridgehead atoms. The molecule has 0 aliphatic carbocycles. The smallest absolute Gasteiger partial charge is 0.350 e. The zero-order valence-corrected chi connectivity index (χ0v) is 9.68. The quantitative estimate of drug-likeness (QED) is 0.659. The maximum atomic E-state index is 11.9. The van der Waals surface area contributed by atoms with E-state index >= 15 is 0 Å². The number of nitrogens with zero attached hydrogens (tertiary/aromatic N) is 1. The van der Waals surface area contributed by atoms with Crippen molar-refractivity contribution in [3.8, 4) is 0 Å². The van der Waals surface area contributed by atoms with Crippen LogP contribution in [0.4, 0.5) is 8.78 Å². The van der Waals surface area contributed by atoms with E-state index in [1.807, 2.05) is 0 Å². The summed E-state index contributed by atoms with van der Waals surface area (Å²) in [6.45, 7) is 1.08. The summed E-state index contributed by atoms with van der Waals surface area (Å²) in [5.41, 5.74) is -1.38. The molecular weight excluding hydrogens is 230 g/mol. The third-order valence-corrected chi connectivity index (χ3v) is 2.56. The predicted molar refractivity (Wildman–Crippen MR) is 52.1 cm³/mol. The second-order valence-corrected chi connectivity index (χ2v) is 5.60. The van der Waals surface area contributed by atoms with Gasteiger partial charge in [-0.1, -0.05) is 0 Å². The number of hydrogen-bond donors (Lipinski definition) is 2. The van der Waals surface area contributed by atoms with E-state index in [1.54, 1.807) is 23.7 Å². The molecule has 0 spiro atoms. The SMILES string of the molecule is CN(C)CC(C)(O)CNS(=O)(=O)C(F)F. The average Bonchev–Trinajstić information content (AvgIpc) is 1.98. The average molecular weight is 246 g/mol. The van der Waals surface area contributed by atoms with E-state index in [0.717, 1.165) is 0 Å². The molecule has 1 unspecified atom stereocenters. The Morgan fingerprint density at radius 1 is 1.47 bits per heavy atom. The van der Waals surface area contributed by atoms with Crippen molar-refractivity contribution >= 4 is 10.0 Å². The van der Waals surface area contributed by atoms with Crippen LogP contribution >= 0.6 is 0 Å². The fourth-order valence-corrected chi connectivity index (χ4v) is 1.69. The van der Waals surface area contributed by atoms with Gasteiger partial charge in [0.2, 0.25) is 0 Å². The maximum Gasteiger partial charge on any atom is 0.350 e. The monoisotopic (exact) mass is 246 g/mol. The van der Waals surface area contributed by atoms with Gasteiger partial charge in [-0.15, -0.1) is 0 Å². The summed E-state index contributed by atoms with van der Waals surface area (Å²) in [6, 6.07) is 0. The number of nitrogens with one attached hydrogen (secondary N) is 1. The maximum absolute atomic E-state index is 11.9. The van der Waals surface area contributed by atoms with Gasteiger partial charge in [0.15, 0.2) is 0 Å². The molecular formula is C7H16F2N2O3S. The van der Waals surface area contributed by atoms with Gasteiger partial charge in [0.05, 0.1) is 5.60 Å². The van der Waals surface area contributed by atoms with Gasteiger partial charge < -0.3 is 10.0 Å². The molecule has 0 saturated carbocycles. The summed E-state index contributed by atoms with van der Waals surface area (Å²) in [7, 11) is -1.28. The molecule has 0 aromatic carbocycles. The lowest BCUT2D eigenvalue weighted by molar-refractivity contribution is 0.0382. The number of rotatable bonds is 6. The molecule has 0 aliphatic rings. The molecule has 0 fully saturated rings. The van der Waals surface area contributed by atoms with Crippen molar-refractivity contribution in [2.75, 3.05) is 27.2 Å². The first-order valence-corrected chi connectivity index (χ1v) is 5.75. The Morgan fingerprint density at radius 3 is 2.27 bits per heavy atom. The van der Waals surface area contributed by atoms with Gasteiger partial charge in [-0.05, 0) is 21.0 Å². The summed E-state index contributed by atoms with van der Waals surface area (Å²) >= 11 is 0. The Kier molecular flexibility index (Phi) is 5.04. The van der Waals surface area contributed by atoms with E-state index in [0.29, 0.717) is 0 Å². The van der Waals surface area contributed by atoms with Crippen molar-refractivity contribution in [3.05, 3.63) is 0 Å². The van der Waals surface area contributed by atoms with E-state index < -0.39 is 27.9 Å². The number of hydrogen-bond acceptors (Lipinski definition) is 4. The number of likely N-dealkylation sites (N-methyl/N-ethyl adjacent to an activating group) is 1. The van der Waals surface area contributed by atoms with E-state index in [9.17, 15) is 22.3 Å². The number of aliphatic hydroxyl groups is 1. The minimum atomic E-state index is -4.63. The van der Waals surface area contributed by atoms with Crippen LogP contribution in [0.1, 0.15) is 6.92 Å². The third kappa shape index (κ3) is 5.98. The lowest BCUT2D eigenvalue weighted by Gasteiger charge is -2.26. The minimum absolute atomic E-state index is 0.165. The molecule has 0 amide bonds. The summed E-state index contributed by atoms with van der Waals surface area (Å²) in [6.07, 6.45) is 0. The molecule has 0 aliphatic heterocycles. The Labute approximate surface area is 88.1 Å². The van der Waals surface area contributed by atoms with Crippen molar-refractivity contribution < 1.29 is 22.3 Å². The Bertz CT molecular complexity index is 291.